The smallest absolute Gasteiger partial charge is 0.247 e. The molecule has 0 aromatic carbocycles. The lowest BCUT2D eigenvalue weighted by atomic mass is 9.89. The van der Waals surface area contributed by atoms with Crippen LogP contribution in [0.3, 0.4) is 0 Å². The summed E-state index contributed by atoms with van der Waals surface area (Å²) in [7, 11) is 0. The number of carbonyl (C=O) groups excluding carboxylic acids is 1. The van der Waals surface area contributed by atoms with Gasteiger partial charge in [-0.3, -0.25) is 0 Å². The third-order valence-electron chi connectivity index (χ3n) is 2.68. The molecule has 2 nitrogen and oxygen atoms in total. The Labute approximate surface area is 74.0 Å². The number of carbonyl (C=O) groups is 1. The predicted molar refractivity (Wildman–Crippen MR) is 46.1 cm³/mol. The van der Waals surface area contributed by atoms with Crippen LogP contribution in [0.1, 0.15) is 51.4 Å². The Kier molecular flexibility index (Phi) is 4.12. The minimum atomic E-state index is -0.874. The second-order valence-corrected chi connectivity index (χ2v) is 3.79. The van der Waals surface area contributed by atoms with Crippen LogP contribution in [0.15, 0.2) is 0 Å². The van der Waals surface area contributed by atoms with Crippen molar-refractivity contribution in [2.75, 3.05) is 0 Å². The van der Waals surface area contributed by atoms with E-state index in [4.69, 9.17) is 0 Å². The summed E-state index contributed by atoms with van der Waals surface area (Å²) in [6.07, 6.45) is 8.77. The summed E-state index contributed by atoms with van der Waals surface area (Å²) in [4.78, 5) is 10.4. The highest BCUT2D eigenvalue weighted by molar-refractivity contribution is 5.66. The van der Waals surface area contributed by atoms with E-state index < -0.39 is 5.97 Å². The molecule has 0 aliphatic heterocycles. The maximum atomic E-state index is 10.4. The summed E-state index contributed by atoms with van der Waals surface area (Å²) in [5.41, 5.74) is 0. The fourth-order valence-corrected chi connectivity index (χ4v) is 1.98. The summed E-state index contributed by atoms with van der Waals surface area (Å²) in [5, 5.41) is 10.4. The number of hydrogen-bond donors (Lipinski definition) is 0. The van der Waals surface area contributed by atoms with Crippen LogP contribution in [0.2, 0.25) is 0 Å². The first-order valence-corrected chi connectivity index (χ1v) is 4.99. The Morgan fingerprint density at radius 1 is 1.00 bits per heavy atom. The van der Waals surface area contributed by atoms with Crippen molar-refractivity contribution in [1.29, 1.82) is 0 Å². The Balaban J connectivity index is 2.24. The highest BCUT2D eigenvalue weighted by atomic mass is 16.4. The van der Waals surface area contributed by atoms with Crippen molar-refractivity contribution in [2.45, 2.75) is 51.4 Å². The van der Waals surface area contributed by atoms with Gasteiger partial charge in [0.05, 0.1) is 6.42 Å². The van der Waals surface area contributed by atoms with Crippen LogP contribution < -0.4 is 0 Å². The van der Waals surface area contributed by atoms with Crippen LogP contribution in [0.4, 0.5) is 0 Å². The van der Waals surface area contributed by atoms with E-state index in [-0.39, 0.29) is 6.42 Å². The second kappa shape index (κ2) is 5.18. The van der Waals surface area contributed by atoms with E-state index in [1.807, 2.05) is 0 Å². The minimum Gasteiger partial charge on any atom is -0.247 e. The zero-order chi connectivity index (χ0) is 8.81. The maximum Gasteiger partial charge on any atom is 0.355 e. The Hall–Kier alpha value is -0.530. The summed E-state index contributed by atoms with van der Waals surface area (Å²) in [6, 6.07) is 0. The summed E-state index contributed by atoms with van der Waals surface area (Å²) in [5.74, 6) is -0.476. The van der Waals surface area contributed by atoms with Gasteiger partial charge in [-0.1, -0.05) is 32.1 Å². The summed E-state index contributed by atoms with van der Waals surface area (Å²) < 4.78 is 0. The van der Waals surface area contributed by atoms with Crippen molar-refractivity contribution in [3.8, 4) is 0 Å². The first-order valence-electron chi connectivity index (χ1n) is 4.99. The molecule has 1 saturated carbocycles. The Morgan fingerprint density at radius 3 is 2.00 bits per heavy atom. The normalized spacial score (nSPS) is 21.3. The predicted octanol–water partition coefficient (Wildman–Crippen LogP) is 2.69. The molecule has 0 heterocycles. The largest absolute Gasteiger partial charge is 0.355 e. The zero-order valence-electron chi connectivity index (χ0n) is 7.55. The van der Waals surface area contributed by atoms with Gasteiger partial charge in [-0.2, -0.15) is 0 Å². The molecule has 0 saturated heterocycles. The van der Waals surface area contributed by atoms with E-state index in [2.05, 4.69) is 0 Å². The van der Waals surface area contributed by atoms with Gasteiger partial charge in [0.15, 0.2) is 0 Å². The first kappa shape index (κ1) is 9.56. The molecule has 1 aliphatic rings. The van der Waals surface area contributed by atoms with Crippen LogP contribution in [0, 0.1) is 5.92 Å². The molecule has 0 bridgehead atoms. The van der Waals surface area contributed by atoms with Crippen molar-refractivity contribution in [1.82, 2.24) is 0 Å². The fraction of sp³-hybridized carbons (Fsp3) is 0.900. The van der Waals surface area contributed by atoms with Gasteiger partial charge < -0.3 is 0 Å². The third-order valence-corrected chi connectivity index (χ3v) is 2.68. The SMILES string of the molecule is [O]C(=O)CC1CCCCCCC1. The zero-order valence-corrected chi connectivity index (χ0v) is 7.55. The van der Waals surface area contributed by atoms with E-state index in [1.165, 1.54) is 32.1 Å². The molecule has 1 fully saturated rings. The van der Waals surface area contributed by atoms with Crippen molar-refractivity contribution in [3.63, 3.8) is 0 Å². The van der Waals surface area contributed by atoms with Crippen molar-refractivity contribution >= 4 is 5.97 Å². The van der Waals surface area contributed by atoms with Crippen LogP contribution in [0.25, 0.3) is 0 Å². The number of hydrogen-bond acceptors (Lipinski definition) is 1. The van der Waals surface area contributed by atoms with Gasteiger partial charge in [-0.25, -0.2) is 9.90 Å². The molecule has 0 N–H and O–H groups in total. The van der Waals surface area contributed by atoms with E-state index in [0.29, 0.717) is 5.92 Å². The molecule has 0 spiro atoms. The van der Waals surface area contributed by atoms with E-state index in [9.17, 15) is 9.90 Å². The lowest BCUT2D eigenvalue weighted by molar-refractivity contribution is -0.144. The molecule has 69 valence electrons. The van der Waals surface area contributed by atoms with Gasteiger partial charge in [0, 0.05) is 0 Å². The molecule has 0 atom stereocenters. The molecule has 1 radical (unpaired) electrons. The van der Waals surface area contributed by atoms with Crippen LogP contribution in [-0.2, 0) is 9.90 Å². The molecule has 0 amide bonds. The average molecular weight is 169 g/mol. The van der Waals surface area contributed by atoms with Crippen molar-refractivity contribution < 1.29 is 9.90 Å². The van der Waals surface area contributed by atoms with Gasteiger partial charge in [0.1, 0.15) is 0 Å². The van der Waals surface area contributed by atoms with Crippen LogP contribution >= 0.6 is 0 Å². The molecule has 0 aromatic rings. The quantitative estimate of drug-likeness (QED) is 0.626. The Bertz CT molecular complexity index is 135. The maximum absolute atomic E-state index is 10.4. The molecule has 1 aliphatic carbocycles. The van der Waals surface area contributed by atoms with Gasteiger partial charge in [-0.15, -0.1) is 0 Å². The van der Waals surface area contributed by atoms with Crippen LogP contribution in [0.5, 0.6) is 0 Å². The lowest BCUT2D eigenvalue weighted by Gasteiger charge is -2.16. The average Bonchev–Trinajstić information content (AvgIpc) is 1.93. The monoisotopic (exact) mass is 169 g/mol. The van der Waals surface area contributed by atoms with Crippen LogP contribution in [-0.4, -0.2) is 5.97 Å². The van der Waals surface area contributed by atoms with Crippen molar-refractivity contribution in [2.24, 2.45) is 5.92 Å². The highest BCUT2D eigenvalue weighted by Crippen LogP contribution is 2.24. The third kappa shape index (κ3) is 3.74. The molecule has 12 heavy (non-hydrogen) atoms. The summed E-state index contributed by atoms with van der Waals surface area (Å²) >= 11 is 0. The standard InChI is InChI=1S/C10H17O2/c11-10(12)8-9-6-4-2-1-3-5-7-9/h9H,1-8H2. The topological polar surface area (TPSA) is 37.0 Å². The number of rotatable bonds is 2. The highest BCUT2D eigenvalue weighted by Gasteiger charge is 2.15. The molecular weight excluding hydrogens is 152 g/mol. The molecule has 0 unspecified atom stereocenters. The van der Waals surface area contributed by atoms with Gasteiger partial charge in [0.2, 0.25) is 0 Å². The molecule has 2 heteroatoms. The lowest BCUT2D eigenvalue weighted by Crippen LogP contribution is -2.08. The van der Waals surface area contributed by atoms with E-state index in [0.717, 1.165) is 12.8 Å². The molecule has 1 rings (SSSR count). The van der Waals surface area contributed by atoms with Crippen molar-refractivity contribution in [3.05, 3.63) is 0 Å². The fourth-order valence-electron chi connectivity index (χ4n) is 1.98. The minimum absolute atomic E-state index is 0.278. The van der Waals surface area contributed by atoms with E-state index >= 15 is 0 Å². The van der Waals surface area contributed by atoms with Gasteiger partial charge in [-0.05, 0) is 18.8 Å². The molecule has 0 aromatic heterocycles. The second-order valence-electron chi connectivity index (χ2n) is 3.79. The Morgan fingerprint density at radius 2 is 1.50 bits per heavy atom. The van der Waals surface area contributed by atoms with Gasteiger partial charge >= 0.3 is 5.97 Å². The van der Waals surface area contributed by atoms with Gasteiger partial charge in [0.25, 0.3) is 0 Å². The summed E-state index contributed by atoms with van der Waals surface area (Å²) in [6.45, 7) is 0. The molecular formula is C10H17O2. The first-order chi connectivity index (χ1) is 5.79. The van der Waals surface area contributed by atoms with E-state index in [1.54, 1.807) is 0 Å².